The summed E-state index contributed by atoms with van der Waals surface area (Å²) in [5.41, 5.74) is 2.52. The molecule has 208 valence electrons. The summed E-state index contributed by atoms with van der Waals surface area (Å²) in [7, 11) is 0. The lowest BCUT2D eigenvalue weighted by molar-refractivity contribution is 0.0697. The van der Waals surface area contributed by atoms with E-state index < -0.39 is 29.5 Å². The SMILES string of the molecule is O=C(O)c1ccc2c(c1)nc(-c1ccc(OC(c3cccc(F)c3)c3cccc(F)c3)cc1F)n2C1CCCCC1. The number of hydrogen-bond donors (Lipinski definition) is 1. The van der Waals surface area contributed by atoms with Crippen LogP contribution in [-0.4, -0.2) is 20.6 Å². The van der Waals surface area contributed by atoms with Gasteiger partial charge in [0, 0.05) is 12.1 Å². The van der Waals surface area contributed by atoms with Gasteiger partial charge in [0.15, 0.2) is 0 Å². The number of rotatable bonds is 7. The Morgan fingerprint density at radius 3 is 2.15 bits per heavy atom. The molecule has 5 nitrogen and oxygen atoms in total. The van der Waals surface area contributed by atoms with Crippen LogP contribution in [0.2, 0.25) is 0 Å². The van der Waals surface area contributed by atoms with Gasteiger partial charge in [0.1, 0.15) is 35.1 Å². The minimum atomic E-state index is -1.06. The Labute approximate surface area is 234 Å². The molecule has 4 aromatic carbocycles. The van der Waals surface area contributed by atoms with Gasteiger partial charge in [0.05, 0.1) is 22.2 Å². The van der Waals surface area contributed by atoms with Crippen molar-refractivity contribution in [3.05, 3.63) is 119 Å². The molecule has 0 aliphatic heterocycles. The number of carboxylic acid groups (broad SMARTS) is 1. The molecule has 0 saturated heterocycles. The molecule has 1 N–H and O–H groups in total. The van der Waals surface area contributed by atoms with Crippen molar-refractivity contribution in [1.82, 2.24) is 9.55 Å². The smallest absolute Gasteiger partial charge is 0.335 e. The van der Waals surface area contributed by atoms with Gasteiger partial charge in [-0.25, -0.2) is 22.9 Å². The number of carbonyl (C=O) groups is 1. The average molecular weight is 557 g/mol. The lowest BCUT2D eigenvalue weighted by Gasteiger charge is -2.26. The monoisotopic (exact) mass is 556 g/mol. The Kier molecular flexibility index (Phi) is 7.22. The third-order valence-corrected chi connectivity index (χ3v) is 7.61. The lowest BCUT2D eigenvalue weighted by atomic mass is 9.94. The second-order valence-electron chi connectivity index (χ2n) is 10.4. The summed E-state index contributed by atoms with van der Waals surface area (Å²) in [4.78, 5) is 16.3. The number of nitrogens with zero attached hydrogens (tertiary/aromatic N) is 2. The van der Waals surface area contributed by atoms with E-state index in [1.165, 1.54) is 48.5 Å². The fraction of sp³-hybridized carbons (Fsp3) is 0.212. The summed E-state index contributed by atoms with van der Waals surface area (Å²) < 4.78 is 52.2. The molecule has 1 heterocycles. The number of hydrogen-bond acceptors (Lipinski definition) is 3. The van der Waals surface area contributed by atoms with E-state index in [9.17, 15) is 18.7 Å². The molecular formula is C33H27F3N2O3. The second kappa shape index (κ2) is 11.1. The minimum Gasteiger partial charge on any atom is -0.481 e. The summed E-state index contributed by atoms with van der Waals surface area (Å²) in [6.07, 6.45) is 4.20. The highest BCUT2D eigenvalue weighted by atomic mass is 19.1. The van der Waals surface area contributed by atoms with Crippen LogP contribution in [-0.2, 0) is 0 Å². The number of aromatic carboxylic acids is 1. The molecule has 8 heteroatoms. The predicted molar refractivity (Wildman–Crippen MR) is 149 cm³/mol. The van der Waals surface area contributed by atoms with Gasteiger partial charge in [0.25, 0.3) is 0 Å². The van der Waals surface area contributed by atoms with E-state index in [0.717, 1.165) is 37.6 Å². The molecule has 41 heavy (non-hydrogen) atoms. The fourth-order valence-corrected chi connectivity index (χ4v) is 5.69. The molecule has 0 radical (unpaired) electrons. The van der Waals surface area contributed by atoms with Crippen molar-refractivity contribution in [3.8, 4) is 17.1 Å². The maximum atomic E-state index is 15.9. The van der Waals surface area contributed by atoms with Gasteiger partial charge in [0.2, 0.25) is 0 Å². The first kappa shape index (κ1) is 26.6. The van der Waals surface area contributed by atoms with Gasteiger partial charge in [-0.05, 0) is 78.6 Å². The first-order valence-electron chi connectivity index (χ1n) is 13.6. The molecule has 6 rings (SSSR count). The summed E-state index contributed by atoms with van der Waals surface area (Å²) >= 11 is 0. The zero-order valence-electron chi connectivity index (χ0n) is 22.1. The molecule has 1 aliphatic carbocycles. The third-order valence-electron chi connectivity index (χ3n) is 7.61. The summed E-state index contributed by atoms with van der Waals surface area (Å²) in [6.45, 7) is 0. The topological polar surface area (TPSA) is 64.3 Å². The maximum Gasteiger partial charge on any atom is 0.335 e. The van der Waals surface area contributed by atoms with Gasteiger partial charge >= 0.3 is 5.97 Å². The van der Waals surface area contributed by atoms with E-state index >= 15 is 4.39 Å². The standard InChI is InChI=1S/C33H27F3N2O3/c34-23-8-4-6-20(16-23)31(21-7-5-9-24(35)17-21)41-26-13-14-27(28(36)19-26)32-37-29-18-22(33(39)40)12-15-30(29)38(32)25-10-2-1-3-11-25/h4-9,12-19,25,31H,1-3,10-11H2,(H,39,40). The van der Waals surface area contributed by atoms with Crippen LogP contribution in [0.3, 0.4) is 0 Å². The van der Waals surface area contributed by atoms with Crippen LogP contribution < -0.4 is 4.74 Å². The molecule has 1 saturated carbocycles. The van der Waals surface area contributed by atoms with Crippen LogP contribution in [0.25, 0.3) is 22.4 Å². The normalized spacial score (nSPS) is 14.0. The molecule has 1 aromatic heterocycles. The summed E-state index contributed by atoms with van der Waals surface area (Å²) in [6, 6.07) is 21.0. The van der Waals surface area contributed by atoms with Crippen LogP contribution in [0.1, 0.15) is 65.7 Å². The highest BCUT2D eigenvalue weighted by Crippen LogP contribution is 2.38. The maximum absolute atomic E-state index is 15.9. The van der Waals surface area contributed by atoms with Crippen molar-refractivity contribution in [2.75, 3.05) is 0 Å². The van der Waals surface area contributed by atoms with Crippen LogP contribution in [0.4, 0.5) is 13.2 Å². The Balaban J connectivity index is 1.41. The van der Waals surface area contributed by atoms with Crippen LogP contribution in [0.15, 0.2) is 84.9 Å². The van der Waals surface area contributed by atoms with Crippen LogP contribution in [0.5, 0.6) is 5.75 Å². The fourth-order valence-electron chi connectivity index (χ4n) is 5.69. The molecule has 1 fully saturated rings. The molecular weight excluding hydrogens is 529 g/mol. The van der Waals surface area contributed by atoms with Crippen LogP contribution >= 0.6 is 0 Å². The Morgan fingerprint density at radius 2 is 1.54 bits per heavy atom. The number of fused-ring (bicyclic) bond motifs is 1. The van der Waals surface area contributed by atoms with Crippen molar-refractivity contribution in [2.45, 2.75) is 44.2 Å². The molecule has 0 amide bonds. The number of aromatic nitrogens is 2. The highest BCUT2D eigenvalue weighted by molar-refractivity contribution is 5.93. The Bertz CT molecular complexity index is 1700. The first-order valence-corrected chi connectivity index (χ1v) is 13.6. The number of imidazole rings is 1. The number of halogens is 3. The first-order chi connectivity index (χ1) is 19.9. The number of carboxylic acids is 1. The zero-order valence-corrected chi connectivity index (χ0v) is 22.1. The Morgan fingerprint density at radius 1 is 0.854 bits per heavy atom. The van der Waals surface area contributed by atoms with Gasteiger partial charge in [-0.2, -0.15) is 0 Å². The van der Waals surface area contributed by atoms with E-state index in [4.69, 9.17) is 9.72 Å². The summed E-state index contributed by atoms with van der Waals surface area (Å²) in [5.74, 6) is -1.97. The largest absolute Gasteiger partial charge is 0.481 e. The van der Waals surface area contributed by atoms with Crippen LogP contribution in [0, 0.1) is 17.5 Å². The van der Waals surface area contributed by atoms with Gasteiger partial charge < -0.3 is 14.4 Å². The quantitative estimate of drug-likeness (QED) is 0.218. The molecule has 0 spiro atoms. The van der Waals surface area contributed by atoms with Crippen molar-refractivity contribution < 1.29 is 27.8 Å². The van der Waals surface area contributed by atoms with E-state index in [-0.39, 0.29) is 22.9 Å². The highest BCUT2D eigenvalue weighted by Gasteiger charge is 2.25. The van der Waals surface area contributed by atoms with Crippen molar-refractivity contribution in [2.24, 2.45) is 0 Å². The van der Waals surface area contributed by atoms with E-state index in [1.807, 2.05) is 4.57 Å². The van der Waals surface area contributed by atoms with Gasteiger partial charge in [-0.1, -0.05) is 43.5 Å². The third kappa shape index (κ3) is 5.42. The number of ether oxygens (including phenoxy) is 1. The molecule has 0 atom stereocenters. The molecule has 0 unspecified atom stereocenters. The van der Waals surface area contributed by atoms with Crippen molar-refractivity contribution in [1.29, 1.82) is 0 Å². The second-order valence-corrected chi connectivity index (χ2v) is 10.4. The Hall–Kier alpha value is -4.59. The van der Waals surface area contributed by atoms with E-state index in [0.29, 0.717) is 22.5 Å². The molecule has 5 aromatic rings. The number of benzene rings is 4. The van der Waals surface area contributed by atoms with E-state index in [1.54, 1.807) is 36.4 Å². The van der Waals surface area contributed by atoms with Crippen molar-refractivity contribution >= 4 is 17.0 Å². The molecule has 0 bridgehead atoms. The van der Waals surface area contributed by atoms with E-state index in [2.05, 4.69) is 0 Å². The van der Waals surface area contributed by atoms with Crippen molar-refractivity contribution in [3.63, 3.8) is 0 Å². The summed E-state index contributed by atoms with van der Waals surface area (Å²) in [5, 5.41) is 9.48. The van der Waals surface area contributed by atoms with Gasteiger partial charge in [-0.15, -0.1) is 0 Å². The average Bonchev–Trinajstić information content (AvgIpc) is 3.35. The minimum absolute atomic E-state index is 0.111. The lowest BCUT2D eigenvalue weighted by Crippen LogP contribution is -2.14. The predicted octanol–water partition coefficient (Wildman–Crippen LogP) is 8.49. The van der Waals surface area contributed by atoms with Gasteiger partial charge in [-0.3, -0.25) is 0 Å². The molecule has 1 aliphatic rings. The zero-order chi connectivity index (χ0) is 28.5.